The van der Waals surface area contributed by atoms with Gasteiger partial charge in [0.25, 0.3) is 0 Å². The largest absolute Gasteiger partial charge is 1.00 e. The van der Waals surface area contributed by atoms with Crippen molar-refractivity contribution in [1.29, 1.82) is 0 Å². The number of carbonyl (C=O) groups excluding carboxylic acids is 1. The van der Waals surface area contributed by atoms with Crippen molar-refractivity contribution >= 4 is 29.2 Å². The van der Waals surface area contributed by atoms with Gasteiger partial charge in [-0.3, -0.25) is 0 Å². The summed E-state index contributed by atoms with van der Waals surface area (Å²) in [4.78, 5) is 10.3. The van der Waals surface area contributed by atoms with Crippen molar-refractivity contribution < 1.29 is 39.5 Å². The van der Waals surface area contributed by atoms with Crippen LogP contribution in [-0.2, 0) is 0 Å². The molecule has 0 aliphatic heterocycles. The van der Waals surface area contributed by atoms with Crippen LogP contribution in [-0.4, -0.2) is 5.97 Å². The number of carboxylic acid groups (broad SMARTS) is 1. The predicted octanol–water partition coefficient (Wildman–Crippen LogP) is -1.64. The summed E-state index contributed by atoms with van der Waals surface area (Å²) >= 11 is 11.0. The quantitative estimate of drug-likeness (QED) is 0.525. The summed E-state index contributed by atoms with van der Waals surface area (Å²) in [5, 5.41) is 10.8. The molecule has 0 bridgehead atoms. The van der Waals surface area contributed by atoms with Gasteiger partial charge in [-0.15, -0.1) is 0 Å². The summed E-state index contributed by atoms with van der Waals surface area (Å²) < 4.78 is 0. The maximum absolute atomic E-state index is 10.3. The van der Waals surface area contributed by atoms with Crippen molar-refractivity contribution in [2.45, 2.75) is 0 Å². The first kappa shape index (κ1) is 12.3. The van der Waals surface area contributed by atoms with Gasteiger partial charge >= 0.3 is 29.6 Å². The standard InChI is InChI=1S/C7H4Cl2O2.Na/c8-4-1-2-5(7(10)11)6(9)3-4;/h1-3H,(H,10,11);/q;+1/p-1. The number of hydrogen-bond acceptors (Lipinski definition) is 2. The van der Waals surface area contributed by atoms with E-state index in [0.717, 1.165) is 0 Å². The molecule has 0 atom stereocenters. The minimum atomic E-state index is -1.30. The van der Waals surface area contributed by atoms with Gasteiger partial charge in [-0.1, -0.05) is 29.3 Å². The number of hydrogen-bond donors (Lipinski definition) is 0. The smallest absolute Gasteiger partial charge is 0.545 e. The molecular formula is C7H3Cl2NaO2. The van der Waals surface area contributed by atoms with Crippen molar-refractivity contribution in [3.63, 3.8) is 0 Å². The number of carboxylic acids is 1. The van der Waals surface area contributed by atoms with Gasteiger partial charge in [0.1, 0.15) is 0 Å². The molecule has 0 unspecified atom stereocenters. The van der Waals surface area contributed by atoms with Gasteiger partial charge in [0.15, 0.2) is 0 Å². The SMILES string of the molecule is O=C([O-])c1ccc(Cl)cc1Cl.[Na+]. The van der Waals surface area contributed by atoms with E-state index in [9.17, 15) is 9.90 Å². The van der Waals surface area contributed by atoms with E-state index >= 15 is 0 Å². The molecule has 2 nitrogen and oxygen atoms in total. The van der Waals surface area contributed by atoms with E-state index in [1.54, 1.807) is 0 Å². The Morgan fingerprint density at radius 1 is 1.33 bits per heavy atom. The fourth-order valence-corrected chi connectivity index (χ4v) is 1.14. The second-order valence-electron chi connectivity index (χ2n) is 1.91. The maximum atomic E-state index is 10.3. The molecule has 0 spiro atoms. The third-order valence-corrected chi connectivity index (χ3v) is 1.70. The van der Waals surface area contributed by atoms with E-state index in [1.807, 2.05) is 0 Å². The van der Waals surface area contributed by atoms with Gasteiger partial charge in [-0.25, -0.2) is 0 Å². The number of carbonyl (C=O) groups is 1. The molecule has 1 rings (SSSR count). The van der Waals surface area contributed by atoms with Gasteiger partial charge < -0.3 is 9.90 Å². The Balaban J connectivity index is 0.00000121. The van der Waals surface area contributed by atoms with Crippen molar-refractivity contribution in [3.8, 4) is 0 Å². The van der Waals surface area contributed by atoms with Gasteiger partial charge in [0, 0.05) is 10.6 Å². The second-order valence-corrected chi connectivity index (χ2v) is 2.76. The minimum Gasteiger partial charge on any atom is -0.545 e. The Bertz CT molecular complexity index is 301. The van der Waals surface area contributed by atoms with Crippen molar-refractivity contribution in [3.05, 3.63) is 33.8 Å². The molecule has 0 heterocycles. The summed E-state index contributed by atoms with van der Waals surface area (Å²) in [6, 6.07) is 4.10. The zero-order chi connectivity index (χ0) is 8.43. The molecule has 12 heavy (non-hydrogen) atoms. The van der Waals surface area contributed by atoms with E-state index in [2.05, 4.69) is 0 Å². The zero-order valence-corrected chi connectivity index (χ0v) is 9.82. The average Bonchev–Trinajstić information content (AvgIpc) is 1.85. The predicted molar refractivity (Wildman–Crippen MR) is 40.8 cm³/mol. The Hall–Kier alpha value is 0.270. The normalized spacial score (nSPS) is 8.83. The molecule has 0 saturated heterocycles. The fraction of sp³-hybridized carbons (Fsp3) is 0. The monoisotopic (exact) mass is 212 g/mol. The topological polar surface area (TPSA) is 40.1 Å². The molecule has 0 aliphatic rings. The van der Waals surface area contributed by atoms with Crippen LogP contribution >= 0.6 is 23.2 Å². The van der Waals surface area contributed by atoms with Crippen LogP contribution in [0.5, 0.6) is 0 Å². The third kappa shape index (κ3) is 2.96. The first-order valence-electron chi connectivity index (χ1n) is 2.77. The van der Waals surface area contributed by atoms with E-state index in [4.69, 9.17) is 23.2 Å². The Morgan fingerprint density at radius 2 is 1.92 bits per heavy atom. The zero-order valence-electron chi connectivity index (χ0n) is 6.30. The molecule has 0 fully saturated rings. The number of benzene rings is 1. The number of aromatic carboxylic acids is 1. The molecule has 0 N–H and O–H groups in total. The van der Waals surface area contributed by atoms with Crippen LogP contribution < -0.4 is 34.7 Å². The summed E-state index contributed by atoms with van der Waals surface area (Å²) in [6.45, 7) is 0. The second kappa shape index (κ2) is 5.10. The number of halogens is 2. The molecule has 0 saturated carbocycles. The average molecular weight is 213 g/mol. The van der Waals surface area contributed by atoms with Crippen LogP contribution in [0.1, 0.15) is 10.4 Å². The summed E-state index contributed by atoms with van der Waals surface area (Å²) in [5.41, 5.74) is -0.0453. The summed E-state index contributed by atoms with van der Waals surface area (Å²) in [5.74, 6) is -1.30. The van der Waals surface area contributed by atoms with Crippen LogP contribution in [0.15, 0.2) is 18.2 Å². The Morgan fingerprint density at radius 3 is 2.33 bits per heavy atom. The minimum absolute atomic E-state index is 0. The van der Waals surface area contributed by atoms with Crippen LogP contribution in [0.4, 0.5) is 0 Å². The first-order valence-corrected chi connectivity index (χ1v) is 3.53. The van der Waals surface area contributed by atoms with Crippen molar-refractivity contribution in [2.75, 3.05) is 0 Å². The molecule has 58 valence electrons. The molecule has 0 aliphatic carbocycles. The maximum Gasteiger partial charge on any atom is 1.00 e. The molecule has 1 aromatic carbocycles. The van der Waals surface area contributed by atoms with Crippen molar-refractivity contribution in [2.24, 2.45) is 0 Å². The van der Waals surface area contributed by atoms with Crippen molar-refractivity contribution in [1.82, 2.24) is 0 Å². The van der Waals surface area contributed by atoms with E-state index in [1.165, 1.54) is 18.2 Å². The first-order chi connectivity index (χ1) is 5.11. The Labute approximate surface area is 102 Å². The fourth-order valence-electron chi connectivity index (χ4n) is 0.655. The van der Waals surface area contributed by atoms with Crippen LogP contribution in [0.2, 0.25) is 10.0 Å². The molecular weight excluding hydrogens is 210 g/mol. The third-order valence-electron chi connectivity index (χ3n) is 1.15. The Kier molecular flexibility index (Phi) is 5.21. The van der Waals surface area contributed by atoms with Gasteiger partial charge in [0.2, 0.25) is 0 Å². The molecule has 0 radical (unpaired) electrons. The van der Waals surface area contributed by atoms with Crippen LogP contribution in [0.3, 0.4) is 0 Å². The van der Waals surface area contributed by atoms with Crippen LogP contribution in [0.25, 0.3) is 0 Å². The van der Waals surface area contributed by atoms with E-state index < -0.39 is 5.97 Å². The number of rotatable bonds is 1. The van der Waals surface area contributed by atoms with Gasteiger partial charge in [-0.2, -0.15) is 0 Å². The van der Waals surface area contributed by atoms with E-state index in [-0.39, 0.29) is 40.1 Å². The molecule has 0 amide bonds. The van der Waals surface area contributed by atoms with Crippen LogP contribution in [0, 0.1) is 0 Å². The molecule has 5 heteroatoms. The van der Waals surface area contributed by atoms with E-state index in [0.29, 0.717) is 5.02 Å². The molecule has 0 aromatic heterocycles. The summed E-state index contributed by atoms with van der Waals surface area (Å²) in [7, 11) is 0. The van der Waals surface area contributed by atoms with Gasteiger partial charge in [0.05, 0.1) is 11.0 Å². The molecule has 1 aromatic rings. The summed E-state index contributed by atoms with van der Waals surface area (Å²) in [6.07, 6.45) is 0. The van der Waals surface area contributed by atoms with Gasteiger partial charge in [-0.05, 0) is 12.1 Å².